The van der Waals surface area contributed by atoms with Gasteiger partial charge in [0.05, 0.1) is 6.04 Å². The van der Waals surface area contributed by atoms with Gasteiger partial charge in [-0.3, -0.25) is 9.69 Å². The molecule has 0 aromatic rings. The molecule has 112 valence electrons. The second kappa shape index (κ2) is 8.51. The third-order valence-corrected chi connectivity index (χ3v) is 3.86. The van der Waals surface area contributed by atoms with Crippen molar-refractivity contribution in [2.75, 3.05) is 45.8 Å². The van der Waals surface area contributed by atoms with Crippen LogP contribution in [-0.4, -0.2) is 67.6 Å². The summed E-state index contributed by atoms with van der Waals surface area (Å²) in [4.78, 5) is 16.6. The Balaban J connectivity index is 2.30. The second-order valence-corrected chi connectivity index (χ2v) is 5.64. The molecule has 0 spiro atoms. The van der Waals surface area contributed by atoms with Gasteiger partial charge in [-0.2, -0.15) is 0 Å². The van der Waals surface area contributed by atoms with Crippen LogP contribution in [0.15, 0.2) is 0 Å². The average molecular weight is 270 g/mol. The van der Waals surface area contributed by atoms with Crippen molar-refractivity contribution in [3.63, 3.8) is 0 Å². The molecule has 1 amide bonds. The second-order valence-electron chi connectivity index (χ2n) is 5.64. The normalized spacial score (nSPS) is 21.1. The number of hydrogen-bond acceptors (Lipinski definition) is 4. The largest absolute Gasteiger partial charge is 0.355 e. The van der Waals surface area contributed by atoms with E-state index < -0.39 is 0 Å². The van der Waals surface area contributed by atoms with Gasteiger partial charge >= 0.3 is 0 Å². The van der Waals surface area contributed by atoms with E-state index in [1.807, 2.05) is 6.92 Å². The number of nitrogens with two attached hydrogens (primary N) is 1. The van der Waals surface area contributed by atoms with E-state index in [0.717, 1.165) is 52.2 Å². The molecule has 0 aromatic carbocycles. The van der Waals surface area contributed by atoms with E-state index in [0.29, 0.717) is 5.92 Å². The van der Waals surface area contributed by atoms with Crippen LogP contribution in [0.25, 0.3) is 0 Å². The van der Waals surface area contributed by atoms with Crippen molar-refractivity contribution in [3.05, 3.63) is 0 Å². The molecule has 0 bridgehead atoms. The highest BCUT2D eigenvalue weighted by Crippen LogP contribution is 2.08. The van der Waals surface area contributed by atoms with Crippen LogP contribution < -0.4 is 11.1 Å². The van der Waals surface area contributed by atoms with Crippen LogP contribution in [0.3, 0.4) is 0 Å². The summed E-state index contributed by atoms with van der Waals surface area (Å²) in [5, 5.41) is 2.97. The van der Waals surface area contributed by atoms with Gasteiger partial charge < -0.3 is 16.0 Å². The van der Waals surface area contributed by atoms with Crippen molar-refractivity contribution in [2.45, 2.75) is 33.2 Å². The summed E-state index contributed by atoms with van der Waals surface area (Å²) in [7, 11) is 0. The van der Waals surface area contributed by atoms with E-state index in [2.05, 4.69) is 29.0 Å². The van der Waals surface area contributed by atoms with E-state index in [1.54, 1.807) is 0 Å². The SMILES string of the molecule is CCCNC(=O)C(C)N1CCN(CC(C)CN)CC1. The standard InChI is InChI=1S/C14H30N4O/c1-4-5-16-14(19)13(3)18-8-6-17(7-9-18)11-12(2)10-15/h12-13H,4-11,15H2,1-3H3,(H,16,19). The maximum Gasteiger partial charge on any atom is 0.237 e. The molecule has 2 unspecified atom stereocenters. The molecule has 2 atom stereocenters. The molecule has 0 radical (unpaired) electrons. The van der Waals surface area contributed by atoms with Crippen molar-refractivity contribution < 1.29 is 4.79 Å². The Morgan fingerprint density at radius 1 is 1.26 bits per heavy atom. The van der Waals surface area contributed by atoms with Gasteiger partial charge in [0.1, 0.15) is 0 Å². The Kier molecular flexibility index (Phi) is 7.34. The lowest BCUT2D eigenvalue weighted by atomic mass is 10.1. The number of nitrogens with zero attached hydrogens (tertiary/aromatic N) is 2. The molecule has 5 nitrogen and oxygen atoms in total. The van der Waals surface area contributed by atoms with Gasteiger partial charge in [0.25, 0.3) is 0 Å². The van der Waals surface area contributed by atoms with Crippen LogP contribution >= 0.6 is 0 Å². The Hall–Kier alpha value is -0.650. The lowest BCUT2D eigenvalue weighted by Crippen LogP contribution is -2.54. The monoisotopic (exact) mass is 270 g/mol. The molecule has 1 fully saturated rings. The van der Waals surface area contributed by atoms with Crippen LogP contribution in [0.5, 0.6) is 0 Å². The van der Waals surface area contributed by atoms with Crippen LogP contribution in [0.4, 0.5) is 0 Å². The molecule has 1 aliphatic heterocycles. The minimum Gasteiger partial charge on any atom is -0.355 e. The average Bonchev–Trinajstić information content (AvgIpc) is 2.44. The Morgan fingerprint density at radius 2 is 1.89 bits per heavy atom. The maximum atomic E-state index is 11.9. The summed E-state index contributed by atoms with van der Waals surface area (Å²) in [6, 6.07) is -0.0133. The van der Waals surface area contributed by atoms with Crippen molar-refractivity contribution in [2.24, 2.45) is 11.7 Å². The molecule has 1 saturated heterocycles. The fraction of sp³-hybridized carbons (Fsp3) is 0.929. The van der Waals surface area contributed by atoms with Gasteiger partial charge in [-0.1, -0.05) is 13.8 Å². The first-order valence-corrected chi connectivity index (χ1v) is 7.52. The molecule has 0 aromatic heterocycles. The van der Waals surface area contributed by atoms with Crippen molar-refractivity contribution in [1.29, 1.82) is 0 Å². The fourth-order valence-corrected chi connectivity index (χ4v) is 2.41. The topological polar surface area (TPSA) is 61.6 Å². The smallest absolute Gasteiger partial charge is 0.237 e. The van der Waals surface area contributed by atoms with Gasteiger partial charge in [-0.15, -0.1) is 0 Å². The van der Waals surface area contributed by atoms with E-state index in [9.17, 15) is 4.79 Å². The molecule has 19 heavy (non-hydrogen) atoms. The van der Waals surface area contributed by atoms with Crippen molar-refractivity contribution in [1.82, 2.24) is 15.1 Å². The lowest BCUT2D eigenvalue weighted by molar-refractivity contribution is -0.126. The predicted molar refractivity (Wildman–Crippen MR) is 79.0 cm³/mol. The molecular weight excluding hydrogens is 240 g/mol. The lowest BCUT2D eigenvalue weighted by Gasteiger charge is -2.38. The molecule has 1 rings (SSSR count). The number of carbonyl (C=O) groups is 1. The summed E-state index contributed by atoms with van der Waals surface area (Å²) in [6.07, 6.45) is 0.989. The fourth-order valence-electron chi connectivity index (χ4n) is 2.41. The van der Waals surface area contributed by atoms with E-state index in [4.69, 9.17) is 5.73 Å². The van der Waals surface area contributed by atoms with Gasteiger partial charge in [0.15, 0.2) is 0 Å². The maximum absolute atomic E-state index is 11.9. The van der Waals surface area contributed by atoms with E-state index in [-0.39, 0.29) is 11.9 Å². The number of piperazine rings is 1. The van der Waals surface area contributed by atoms with Gasteiger partial charge in [-0.25, -0.2) is 0 Å². The number of amides is 1. The van der Waals surface area contributed by atoms with Crippen LogP contribution in [0.1, 0.15) is 27.2 Å². The third kappa shape index (κ3) is 5.47. The van der Waals surface area contributed by atoms with Gasteiger partial charge in [0.2, 0.25) is 5.91 Å². The van der Waals surface area contributed by atoms with Crippen LogP contribution in [-0.2, 0) is 4.79 Å². The zero-order valence-electron chi connectivity index (χ0n) is 12.7. The molecule has 1 heterocycles. The zero-order valence-corrected chi connectivity index (χ0v) is 12.7. The molecule has 3 N–H and O–H groups in total. The Bertz CT molecular complexity index is 264. The predicted octanol–water partition coefficient (Wildman–Crippen LogP) is 0.114. The van der Waals surface area contributed by atoms with E-state index >= 15 is 0 Å². The highest BCUT2D eigenvalue weighted by molar-refractivity contribution is 5.81. The number of carbonyl (C=O) groups excluding carboxylic acids is 1. The van der Waals surface area contributed by atoms with Crippen molar-refractivity contribution in [3.8, 4) is 0 Å². The highest BCUT2D eigenvalue weighted by Gasteiger charge is 2.25. The summed E-state index contributed by atoms with van der Waals surface area (Å²) in [6.45, 7) is 12.9. The summed E-state index contributed by atoms with van der Waals surface area (Å²) >= 11 is 0. The molecule has 1 aliphatic rings. The first-order chi connectivity index (χ1) is 9.08. The number of rotatable bonds is 7. The van der Waals surface area contributed by atoms with E-state index in [1.165, 1.54) is 0 Å². The van der Waals surface area contributed by atoms with Crippen LogP contribution in [0, 0.1) is 5.92 Å². The Morgan fingerprint density at radius 3 is 2.42 bits per heavy atom. The number of hydrogen-bond donors (Lipinski definition) is 2. The van der Waals surface area contributed by atoms with Gasteiger partial charge in [-0.05, 0) is 25.8 Å². The molecular formula is C14H30N4O. The zero-order chi connectivity index (χ0) is 14.3. The molecule has 0 aliphatic carbocycles. The molecule has 5 heteroatoms. The summed E-state index contributed by atoms with van der Waals surface area (Å²) < 4.78 is 0. The van der Waals surface area contributed by atoms with Crippen molar-refractivity contribution >= 4 is 5.91 Å². The number of nitrogens with one attached hydrogen (secondary N) is 1. The third-order valence-electron chi connectivity index (χ3n) is 3.86. The summed E-state index contributed by atoms with van der Waals surface area (Å²) in [5.74, 6) is 0.711. The quantitative estimate of drug-likeness (QED) is 0.689. The van der Waals surface area contributed by atoms with Gasteiger partial charge in [0, 0.05) is 39.3 Å². The minimum atomic E-state index is -0.0133. The first kappa shape index (κ1) is 16.4. The van der Waals surface area contributed by atoms with Crippen LogP contribution in [0.2, 0.25) is 0 Å². The molecule has 0 saturated carbocycles. The summed E-state index contributed by atoms with van der Waals surface area (Å²) in [5.41, 5.74) is 5.66. The first-order valence-electron chi connectivity index (χ1n) is 7.52. The minimum absolute atomic E-state index is 0.0133. The highest BCUT2D eigenvalue weighted by atomic mass is 16.2. The Labute approximate surface area is 117 Å².